The quantitative estimate of drug-likeness (QED) is 0.780. The summed E-state index contributed by atoms with van der Waals surface area (Å²) in [6.07, 6.45) is 4.46. The van der Waals surface area contributed by atoms with Gasteiger partial charge in [-0.1, -0.05) is 20.3 Å². The van der Waals surface area contributed by atoms with Gasteiger partial charge in [-0.25, -0.2) is 8.42 Å². The number of aliphatic hydroxyl groups is 1. The molecule has 2 N–H and O–H groups in total. The topological polar surface area (TPSA) is 66.4 Å². The van der Waals surface area contributed by atoms with Crippen LogP contribution in [0.15, 0.2) is 0 Å². The summed E-state index contributed by atoms with van der Waals surface area (Å²) < 4.78 is 23.3. The lowest BCUT2D eigenvalue weighted by Crippen LogP contribution is -2.48. The summed E-state index contributed by atoms with van der Waals surface area (Å²) in [4.78, 5) is 0. The zero-order chi connectivity index (χ0) is 14.7. The molecule has 0 aliphatic heterocycles. The Morgan fingerprint density at radius 2 is 2.00 bits per heavy atom. The molecule has 4 nitrogen and oxygen atoms in total. The molecule has 0 bridgehead atoms. The van der Waals surface area contributed by atoms with Gasteiger partial charge in [0, 0.05) is 12.8 Å². The zero-order valence-electron chi connectivity index (χ0n) is 12.6. The molecule has 3 unspecified atom stereocenters. The van der Waals surface area contributed by atoms with E-state index in [1.807, 2.05) is 6.92 Å². The second-order valence-electron chi connectivity index (χ2n) is 6.70. The number of hydrogen-bond acceptors (Lipinski definition) is 4. The third-order valence-corrected chi connectivity index (χ3v) is 5.79. The summed E-state index contributed by atoms with van der Waals surface area (Å²) >= 11 is 0. The molecule has 0 saturated heterocycles. The molecule has 0 aromatic carbocycles. The highest BCUT2D eigenvalue weighted by molar-refractivity contribution is 7.91. The second kappa shape index (κ2) is 6.55. The molecule has 1 aliphatic carbocycles. The van der Waals surface area contributed by atoms with Crippen molar-refractivity contribution >= 4 is 9.84 Å². The number of hydrogen-bond donors (Lipinski definition) is 2. The Morgan fingerprint density at radius 1 is 1.37 bits per heavy atom. The highest BCUT2D eigenvalue weighted by Gasteiger charge is 2.38. The second-order valence-corrected chi connectivity index (χ2v) is 9.02. The molecule has 0 aromatic heterocycles. The molecular formula is C14H29NO3S. The summed E-state index contributed by atoms with van der Waals surface area (Å²) in [6.45, 7) is 7.49. The van der Waals surface area contributed by atoms with E-state index in [1.54, 1.807) is 0 Å². The third-order valence-electron chi connectivity index (χ3n) is 4.15. The van der Waals surface area contributed by atoms with Gasteiger partial charge >= 0.3 is 0 Å². The van der Waals surface area contributed by atoms with Gasteiger partial charge in [-0.3, -0.25) is 0 Å². The molecule has 0 spiro atoms. The van der Waals surface area contributed by atoms with E-state index in [2.05, 4.69) is 19.2 Å². The summed E-state index contributed by atoms with van der Waals surface area (Å²) in [5, 5.41) is 13.6. The van der Waals surface area contributed by atoms with E-state index >= 15 is 0 Å². The Balaban J connectivity index is 2.57. The Bertz CT molecular complexity index is 376. The van der Waals surface area contributed by atoms with Gasteiger partial charge in [-0.05, 0) is 44.6 Å². The van der Waals surface area contributed by atoms with Gasteiger partial charge in [0.1, 0.15) is 9.84 Å². The Hall–Kier alpha value is -0.130. The van der Waals surface area contributed by atoms with Gasteiger partial charge < -0.3 is 10.4 Å². The van der Waals surface area contributed by atoms with Crippen LogP contribution in [0.4, 0.5) is 0 Å². The van der Waals surface area contributed by atoms with Crippen molar-refractivity contribution < 1.29 is 13.5 Å². The highest BCUT2D eigenvalue weighted by Crippen LogP contribution is 2.35. The van der Waals surface area contributed by atoms with Crippen molar-refractivity contribution in [3.63, 3.8) is 0 Å². The largest absolute Gasteiger partial charge is 0.389 e. The van der Waals surface area contributed by atoms with Crippen molar-refractivity contribution in [2.24, 2.45) is 11.8 Å². The van der Waals surface area contributed by atoms with Crippen LogP contribution in [0.1, 0.15) is 46.5 Å². The zero-order valence-corrected chi connectivity index (χ0v) is 13.5. The van der Waals surface area contributed by atoms with E-state index < -0.39 is 15.4 Å². The molecule has 19 heavy (non-hydrogen) atoms. The van der Waals surface area contributed by atoms with Crippen LogP contribution in [0.25, 0.3) is 0 Å². The summed E-state index contributed by atoms with van der Waals surface area (Å²) in [5.74, 6) is 0.617. The SMILES string of the molecule is CC(C)CNCC(C)(O)C1CCCC(S(C)(=O)=O)C1. The van der Waals surface area contributed by atoms with E-state index in [-0.39, 0.29) is 11.2 Å². The highest BCUT2D eigenvalue weighted by atomic mass is 32.2. The number of sulfone groups is 1. The lowest BCUT2D eigenvalue weighted by Gasteiger charge is -2.38. The first-order valence-electron chi connectivity index (χ1n) is 7.25. The van der Waals surface area contributed by atoms with Crippen molar-refractivity contribution in [2.45, 2.75) is 57.3 Å². The minimum Gasteiger partial charge on any atom is -0.389 e. The first-order chi connectivity index (χ1) is 8.63. The number of nitrogens with one attached hydrogen (secondary N) is 1. The fourth-order valence-electron chi connectivity index (χ4n) is 2.86. The van der Waals surface area contributed by atoms with Crippen LogP contribution in [0.3, 0.4) is 0 Å². The normalized spacial score (nSPS) is 28.3. The maximum absolute atomic E-state index is 11.7. The average Bonchev–Trinajstić information content (AvgIpc) is 2.27. The van der Waals surface area contributed by atoms with Crippen molar-refractivity contribution in [2.75, 3.05) is 19.3 Å². The maximum atomic E-state index is 11.7. The smallest absolute Gasteiger partial charge is 0.150 e. The standard InChI is InChI=1S/C14H29NO3S/c1-11(2)9-15-10-14(3,16)12-6-5-7-13(8-12)19(4,17)18/h11-13,15-16H,5-10H2,1-4H3. The molecule has 1 saturated carbocycles. The molecule has 0 aromatic rings. The van der Waals surface area contributed by atoms with E-state index in [0.717, 1.165) is 25.8 Å². The first kappa shape index (κ1) is 16.9. The molecule has 1 fully saturated rings. The minimum atomic E-state index is -2.98. The van der Waals surface area contributed by atoms with Crippen LogP contribution < -0.4 is 5.32 Å². The summed E-state index contributed by atoms with van der Waals surface area (Å²) in [6, 6.07) is 0. The molecule has 1 aliphatic rings. The van der Waals surface area contributed by atoms with Crippen LogP contribution in [-0.4, -0.2) is 43.7 Å². The van der Waals surface area contributed by atoms with E-state index in [0.29, 0.717) is 18.9 Å². The molecule has 5 heteroatoms. The van der Waals surface area contributed by atoms with Crippen molar-refractivity contribution in [1.82, 2.24) is 5.32 Å². The average molecular weight is 291 g/mol. The van der Waals surface area contributed by atoms with Crippen LogP contribution in [0.5, 0.6) is 0 Å². The fraction of sp³-hybridized carbons (Fsp3) is 1.00. The Kier molecular flexibility index (Phi) is 5.83. The Labute approximate surface area is 117 Å². The lowest BCUT2D eigenvalue weighted by atomic mass is 9.77. The summed E-state index contributed by atoms with van der Waals surface area (Å²) in [7, 11) is -2.98. The molecule has 0 heterocycles. The fourth-order valence-corrected chi connectivity index (χ4v) is 4.03. The molecule has 1 rings (SSSR count). The van der Waals surface area contributed by atoms with Gasteiger partial charge in [-0.2, -0.15) is 0 Å². The van der Waals surface area contributed by atoms with Gasteiger partial charge in [0.25, 0.3) is 0 Å². The van der Waals surface area contributed by atoms with E-state index in [4.69, 9.17) is 0 Å². The van der Waals surface area contributed by atoms with Crippen molar-refractivity contribution in [3.05, 3.63) is 0 Å². The van der Waals surface area contributed by atoms with Crippen LogP contribution in [0, 0.1) is 11.8 Å². The molecule has 114 valence electrons. The maximum Gasteiger partial charge on any atom is 0.150 e. The monoisotopic (exact) mass is 291 g/mol. The van der Waals surface area contributed by atoms with Crippen LogP contribution in [0.2, 0.25) is 0 Å². The number of rotatable bonds is 6. The lowest BCUT2D eigenvalue weighted by molar-refractivity contribution is -0.0148. The summed E-state index contributed by atoms with van der Waals surface area (Å²) in [5.41, 5.74) is -0.821. The van der Waals surface area contributed by atoms with Gasteiger partial charge in [0.15, 0.2) is 0 Å². The van der Waals surface area contributed by atoms with E-state index in [9.17, 15) is 13.5 Å². The van der Waals surface area contributed by atoms with E-state index in [1.165, 1.54) is 6.26 Å². The molecule has 0 radical (unpaired) electrons. The minimum absolute atomic E-state index is 0.0700. The van der Waals surface area contributed by atoms with Gasteiger partial charge in [0.05, 0.1) is 10.9 Å². The molecule has 3 atom stereocenters. The van der Waals surface area contributed by atoms with Gasteiger partial charge in [0.2, 0.25) is 0 Å². The molecular weight excluding hydrogens is 262 g/mol. The van der Waals surface area contributed by atoms with Crippen molar-refractivity contribution in [3.8, 4) is 0 Å². The van der Waals surface area contributed by atoms with Crippen LogP contribution in [-0.2, 0) is 9.84 Å². The molecule has 0 amide bonds. The first-order valence-corrected chi connectivity index (χ1v) is 9.20. The van der Waals surface area contributed by atoms with Gasteiger partial charge in [-0.15, -0.1) is 0 Å². The predicted octanol–water partition coefficient (Wildman–Crippen LogP) is 1.59. The Morgan fingerprint density at radius 3 is 2.53 bits per heavy atom. The van der Waals surface area contributed by atoms with Crippen LogP contribution >= 0.6 is 0 Å². The predicted molar refractivity (Wildman–Crippen MR) is 78.9 cm³/mol. The van der Waals surface area contributed by atoms with Crippen molar-refractivity contribution in [1.29, 1.82) is 0 Å². The third kappa shape index (κ3) is 5.40.